The van der Waals surface area contributed by atoms with Gasteiger partial charge in [-0.15, -0.1) is 0 Å². The molecule has 1 aromatic rings. The first-order chi connectivity index (χ1) is 9.88. The summed E-state index contributed by atoms with van der Waals surface area (Å²) in [5.41, 5.74) is 0.533. The van der Waals surface area contributed by atoms with Crippen LogP contribution >= 0.6 is 15.9 Å². The van der Waals surface area contributed by atoms with Crippen molar-refractivity contribution in [1.29, 1.82) is 0 Å². The standard InChI is InChI=1S/C15H18BrFO4/c1-10(2)8-20-14(18)5-6-15(19)21-9-11-7-12(17)3-4-13(11)16/h3-4,7,10H,5-6,8-9H2,1-2H3. The van der Waals surface area contributed by atoms with Crippen LogP contribution in [0.25, 0.3) is 0 Å². The summed E-state index contributed by atoms with van der Waals surface area (Å²) < 4.78 is 23.7. The second-order valence-electron chi connectivity index (χ2n) is 4.97. The first-order valence-corrected chi connectivity index (χ1v) is 7.43. The number of benzene rings is 1. The summed E-state index contributed by atoms with van der Waals surface area (Å²) in [5.74, 6) is -1.09. The number of esters is 2. The highest BCUT2D eigenvalue weighted by Crippen LogP contribution is 2.18. The molecule has 1 rings (SSSR count). The van der Waals surface area contributed by atoms with E-state index >= 15 is 0 Å². The Kier molecular flexibility index (Phi) is 7.36. The summed E-state index contributed by atoms with van der Waals surface area (Å²) in [4.78, 5) is 22.9. The van der Waals surface area contributed by atoms with E-state index in [2.05, 4.69) is 15.9 Å². The van der Waals surface area contributed by atoms with Gasteiger partial charge in [-0.2, -0.15) is 0 Å². The van der Waals surface area contributed by atoms with Gasteiger partial charge < -0.3 is 9.47 Å². The van der Waals surface area contributed by atoms with Gasteiger partial charge in [-0.1, -0.05) is 29.8 Å². The predicted molar refractivity (Wildman–Crippen MR) is 78.9 cm³/mol. The van der Waals surface area contributed by atoms with E-state index in [0.29, 0.717) is 16.6 Å². The van der Waals surface area contributed by atoms with Crippen LogP contribution in [0, 0.1) is 11.7 Å². The van der Waals surface area contributed by atoms with Crippen molar-refractivity contribution in [3.05, 3.63) is 34.1 Å². The Morgan fingerprint density at radius 2 is 1.81 bits per heavy atom. The van der Waals surface area contributed by atoms with Gasteiger partial charge in [0.25, 0.3) is 0 Å². The fourth-order valence-corrected chi connectivity index (χ4v) is 1.78. The van der Waals surface area contributed by atoms with Gasteiger partial charge in [-0.25, -0.2) is 4.39 Å². The van der Waals surface area contributed by atoms with E-state index in [1.807, 2.05) is 13.8 Å². The third-order valence-corrected chi connectivity index (χ3v) is 3.28. The molecule has 0 aliphatic carbocycles. The Morgan fingerprint density at radius 1 is 1.19 bits per heavy atom. The summed E-state index contributed by atoms with van der Waals surface area (Å²) in [6.07, 6.45) is -0.0697. The van der Waals surface area contributed by atoms with E-state index in [1.54, 1.807) is 6.07 Å². The Balaban J connectivity index is 2.31. The van der Waals surface area contributed by atoms with E-state index in [1.165, 1.54) is 12.1 Å². The Bertz CT molecular complexity index is 502. The largest absolute Gasteiger partial charge is 0.465 e. The third kappa shape index (κ3) is 7.22. The number of rotatable bonds is 7. The molecule has 116 valence electrons. The van der Waals surface area contributed by atoms with Crippen molar-refractivity contribution in [2.75, 3.05) is 6.61 Å². The molecule has 0 aliphatic heterocycles. The molecule has 1 aromatic carbocycles. The molecule has 0 spiro atoms. The quantitative estimate of drug-likeness (QED) is 0.697. The third-order valence-electron chi connectivity index (χ3n) is 2.51. The maximum atomic E-state index is 13.1. The van der Waals surface area contributed by atoms with Crippen molar-refractivity contribution in [3.63, 3.8) is 0 Å². The van der Waals surface area contributed by atoms with Crippen molar-refractivity contribution in [2.45, 2.75) is 33.3 Å². The molecule has 0 atom stereocenters. The normalized spacial score (nSPS) is 10.5. The molecule has 6 heteroatoms. The van der Waals surface area contributed by atoms with Crippen LogP contribution < -0.4 is 0 Å². The van der Waals surface area contributed by atoms with Gasteiger partial charge in [-0.05, 0) is 24.1 Å². The zero-order chi connectivity index (χ0) is 15.8. The second kappa shape index (κ2) is 8.77. The number of hydrogen-bond acceptors (Lipinski definition) is 4. The fraction of sp³-hybridized carbons (Fsp3) is 0.467. The molecule has 0 fully saturated rings. The van der Waals surface area contributed by atoms with Crippen LogP contribution in [0.4, 0.5) is 4.39 Å². The van der Waals surface area contributed by atoms with Crippen molar-refractivity contribution in [1.82, 2.24) is 0 Å². The van der Waals surface area contributed by atoms with E-state index < -0.39 is 17.8 Å². The maximum Gasteiger partial charge on any atom is 0.306 e. The highest BCUT2D eigenvalue weighted by Gasteiger charge is 2.11. The molecule has 0 saturated heterocycles. The van der Waals surface area contributed by atoms with Crippen LogP contribution in [0.2, 0.25) is 0 Å². The van der Waals surface area contributed by atoms with Crippen LogP contribution in [0.5, 0.6) is 0 Å². The first-order valence-electron chi connectivity index (χ1n) is 6.63. The first kappa shape index (κ1) is 17.6. The molecule has 0 heterocycles. The zero-order valence-corrected chi connectivity index (χ0v) is 13.6. The van der Waals surface area contributed by atoms with Gasteiger partial charge in [0.15, 0.2) is 0 Å². The summed E-state index contributed by atoms with van der Waals surface area (Å²) in [6, 6.07) is 4.14. The van der Waals surface area contributed by atoms with Gasteiger partial charge in [0, 0.05) is 10.0 Å². The molecular weight excluding hydrogens is 343 g/mol. The maximum absolute atomic E-state index is 13.1. The van der Waals surface area contributed by atoms with Gasteiger partial charge >= 0.3 is 11.9 Å². The van der Waals surface area contributed by atoms with Crippen molar-refractivity contribution in [3.8, 4) is 0 Å². The molecule has 0 amide bonds. The minimum absolute atomic E-state index is 0.0180. The van der Waals surface area contributed by atoms with Gasteiger partial charge in [0.2, 0.25) is 0 Å². The average molecular weight is 361 g/mol. The number of hydrogen-bond donors (Lipinski definition) is 0. The molecule has 0 aliphatic rings. The molecule has 0 unspecified atom stereocenters. The lowest BCUT2D eigenvalue weighted by Gasteiger charge is -2.08. The monoisotopic (exact) mass is 360 g/mol. The van der Waals surface area contributed by atoms with Crippen LogP contribution in [0.1, 0.15) is 32.3 Å². The lowest BCUT2D eigenvalue weighted by Crippen LogP contribution is -2.13. The minimum atomic E-state index is -0.521. The number of ether oxygens (including phenoxy) is 2. The molecule has 0 saturated carbocycles. The van der Waals surface area contributed by atoms with E-state index in [0.717, 1.165) is 0 Å². The second-order valence-corrected chi connectivity index (χ2v) is 5.83. The molecule has 4 nitrogen and oxygen atoms in total. The van der Waals surface area contributed by atoms with Crippen LogP contribution in [0.3, 0.4) is 0 Å². The topological polar surface area (TPSA) is 52.6 Å². The smallest absolute Gasteiger partial charge is 0.306 e. The highest BCUT2D eigenvalue weighted by atomic mass is 79.9. The Morgan fingerprint density at radius 3 is 2.43 bits per heavy atom. The van der Waals surface area contributed by atoms with Gasteiger partial charge in [0.1, 0.15) is 12.4 Å². The molecule has 0 bridgehead atoms. The summed E-state index contributed by atoms with van der Waals surface area (Å²) in [7, 11) is 0. The average Bonchev–Trinajstić information content (AvgIpc) is 2.43. The molecule has 0 aromatic heterocycles. The van der Waals surface area contributed by atoms with Gasteiger partial charge in [0.05, 0.1) is 19.4 Å². The summed E-state index contributed by atoms with van der Waals surface area (Å²) in [6.45, 7) is 4.15. The van der Waals surface area contributed by atoms with Crippen molar-refractivity contribution in [2.24, 2.45) is 5.92 Å². The van der Waals surface area contributed by atoms with E-state index in [9.17, 15) is 14.0 Å². The fourth-order valence-electron chi connectivity index (χ4n) is 1.42. The summed E-state index contributed by atoms with van der Waals surface area (Å²) >= 11 is 3.24. The predicted octanol–water partition coefficient (Wildman–Crippen LogP) is 3.61. The van der Waals surface area contributed by atoms with Gasteiger partial charge in [-0.3, -0.25) is 9.59 Å². The summed E-state index contributed by atoms with van der Waals surface area (Å²) in [5, 5.41) is 0. The lowest BCUT2D eigenvalue weighted by molar-refractivity contribution is -0.151. The lowest BCUT2D eigenvalue weighted by atomic mass is 10.2. The number of halogens is 2. The number of carbonyl (C=O) groups is 2. The Hall–Kier alpha value is -1.43. The Labute approximate surface area is 131 Å². The van der Waals surface area contributed by atoms with Crippen molar-refractivity contribution >= 4 is 27.9 Å². The SMILES string of the molecule is CC(C)COC(=O)CCC(=O)OCc1cc(F)ccc1Br. The van der Waals surface area contributed by atoms with Crippen LogP contribution in [0.15, 0.2) is 22.7 Å². The number of carbonyl (C=O) groups excluding carboxylic acids is 2. The van der Waals surface area contributed by atoms with Crippen molar-refractivity contribution < 1.29 is 23.5 Å². The molecule has 0 N–H and O–H groups in total. The highest BCUT2D eigenvalue weighted by molar-refractivity contribution is 9.10. The minimum Gasteiger partial charge on any atom is -0.465 e. The van der Waals surface area contributed by atoms with Crippen LogP contribution in [-0.2, 0) is 25.7 Å². The zero-order valence-electron chi connectivity index (χ0n) is 12.0. The molecule has 21 heavy (non-hydrogen) atoms. The van der Waals surface area contributed by atoms with E-state index in [4.69, 9.17) is 9.47 Å². The molecular formula is C15H18BrFO4. The molecule has 0 radical (unpaired) electrons. The van der Waals surface area contributed by atoms with E-state index in [-0.39, 0.29) is 25.4 Å². The van der Waals surface area contributed by atoms with Crippen LogP contribution in [-0.4, -0.2) is 18.5 Å².